The number of H-pyrrole nitrogens is 1. The van der Waals surface area contributed by atoms with Crippen LogP contribution in [-0.4, -0.2) is 25.1 Å². The maximum absolute atomic E-state index is 13.4. The molecule has 128 valence electrons. The van der Waals surface area contributed by atoms with Crippen molar-refractivity contribution >= 4 is 32.5 Å². The predicted octanol–water partition coefficient (Wildman–Crippen LogP) is 2.92. The lowest BCUT2D eigenvalue weighted by atomic mass is 10.1. The van der Waals surface area contributed by atoms with Gasteiger partial charge < -0.3 is 9.51 Å². The highest BCUT2D eigenvalue weighted by Gasteiger charge is 2.15. The number of rotatable bonds is 6. The van der Waals surface area contributed by atoms with Gasteiger partial charge >= 0.3 is 0 Å². The summed E-state index contributed by atoms with van der Waals surface area (Å²) in [6.45, 7) is 1.93. The summed E-state index contributed by atoms with van der Waals surface area (Å²) in [5, 5.41) is 4.46. The monoisotopic (exact) mass is 371 g/mol. The van der Waals surface area contributed by atoms with E-state index in [9.17, 15) is 12.8 Å². The highest BCUT2D eigenvalue weighted by Crippen LogP contribution is 2.25. The van der Waals surface area contributed by atoms with E-state index in [1.807, 2.05) is 0 Å². The van der Waals surface area contributed by atoms with Gasteiger partial charge in [-0.3, -0.25) is 0 Å². The average molecular weight is 372 g/mol. The molecule has 0 saturated carbocycles. The topological polar surface area (TPSA) is 88.0 Å². The van der Waals surface area contributed by atoms with Crippen molar-refractivity contribution in [3.8, 4) is 0 Å². The second-order valence-corrected chi connectivity index (χ2v) is 7.68. The zero-order valence-electron chi connectivity index (χ0n) is 12.8. The Morgan fingerprint density at radius 1 is 1.38 bits per heavy atom. The molecule has 24 heavy (non-hydrogen) atoms. The first-order chi connectivity index (χ1) is 11.3. The first-order valence-electron chi connectivity index (χ1n) is 7.18. The molecule has 3 aromatic rings. The van der Waals surface area contributed by atoms with E-state index in [2.05, 4.69) is 14.9 Å². The maximum Gasteiger partial charge on any atom is 0.219 e. The van der Waals surface area contributed by atoms with Crippen LogP contribution >= 0.6 is 11.6 Å². The molecule has 0 amide bonds. The Balaban J connectivity index is 1.65. The molecule has 2 heterocycles. The quantitative estimate of drug-likeness (QED) is 0.697. The molecule has 0 unspecified atom stereocenters. The summed E-state index contributed by atoms with van der Waals surface area (Å²) >= 11 is 5.80. The highest BCUT2D eigenvalue weighted by molar-refractivity contribution is 7.88. The van der Waals surface area contributed by atoms with E-state index in [1.54, 1.807) is 19.2 Å². The summed E-state index contributed by atoms with van der Waals surface area (Å²) < 4.78 is 44.9. The molecule has 0 fully saturated rings. The molecule has 9 heteroatoms. The molecule has 3 rings (SSSR count). The van der Waals surface area contributed by atoms with Crippen LogP contribution in [0.15, 0.2) is 28.9 Å². The molecule has 0 saturated heterocycles. The molecular formula is C15H15ClFN3O3S. The number of fused-ring (bicyclic) bond motifs is 1. The molecule has 0 aliphatic heterocycles. The Bertz CT molecular complexity index is 981. The number of aromatic nitrogens is 2. The number of aromatic amines is 1. The first-order valence-corrected chi connectivity index (χ1v) is 9.21. The van der Waals surface area contributed by atoms with E-state index < -0.39 is 15.8 Å². The Labute approximate surface area is 143 Å². The van der Waals surface area contributed by atoms with Crippen molar-refractivity contribution in [2.45, 2.75) is 19.1 Å². The van der Waals surface area contributed by atoms with Crippen molar-refractivity contribution in [3.63, 3.8) is 0 Å². The normalized spacial score (nSPS) is 12.1. The molecule has 2 aromatic heterocycles. The van der Waals surface area contributed by atoms with E-state index in [0.717, 1.165) is 10.9 Å². The van der Waals surface area contributed by atoms with Crippen LogP contribution in [0.5, 0.6) is 0 Å². The predicted molar refractivity (Wildman–Crippen MR) is 88.8 cm³/mol. The molecule has 0 aliphatic rings. The Morgan fingerprint density at radius 3 is 2.88 bits per heavy atom. The lowest BCUT2D eigenvalue weighted by Gasteiger charge is -2.05. The fraction of sp³-hybridized carbons (Fsp3) is 0.267. The molecule has 6 nitrogen and oxygen atoms in total. The van der Waals surface area contributed by atoms with Gasteiger partial charge in [0.05, 0.1) is 10.7 Å². The first kappa shape index (κ1) is 16.9. The molecular weight excluding hydrogens is 357 g/mol. The van der Waals surface area contributed by atoms with E-state index in [-0.39, 0.29) is 23.1 Å². The largest absolute Gasteiger partial charge is 0.361 e. The Kier molecular flexibility index (Phi) is 4.62. The second-order valence-electron chi connectivity index (χ2n) is 5.46. The summed E-state index contributed by atoms with van der Waals surface area (Å²) in [5.74, 6) is -0.478. The molecule has 0 aliphatic carbocycles. The molecule has 2 N–H and O–H groups in total. The van der Waals surface area contributed by atoms with Gasteiger partial charge in [-0.1, -0.05) is 16.8 Å². The van der Waals surface area contributed by atoms with Crippen LogP contribution < -0.4 is 4.72 Å². The minimum absolute atomic E-state index is 0.0321. The Morgan fingerprint density at radius 2 is 2.17 bits per heavy atom. The van der Waals surface area contributed by atoms with Crippen LogP contribution in [-0.2, 0) is 22.2 Å². The van der Waals surface area contributed by atoms with Crippen LogP contribution in [0.25, 0.3) is 10.9 Å². The van der Waals surface area contributed by atoms with Crippen molar-refractivity contribution < 1.29 is 17.3 Å². The van der Waals surface area contributed by atoms with Gasteiger partial charge in [-0.05, 0) is 31.0 Å². The van der Waals surface area contributed by atoms with Crippen LogP contribution in [0, 0.1) is 12.7 Å². The van der Waals surface area contributed by atoms with E-state index in [0.29, 0.717) is 17.6 Å². The maximum atomic E-state index is 13.4. The molecule has 0 atom stereocenters. The molecule has 0 spiro atoms. The van der Waals surface area contributed by atoms with Crippen molar-refractivity contribution in [3.05, 3.63) is 52.3 Å². The van der Waals surface area contributed by atoms with Gasteiger partial charge in [0.25, 0.3) is 0 Å². The van der Waals surface area contributed by atoms with Crippen molar-refractivity contribution in [1.82, 2.24) is 14.9 Å². The van der Waals surface area contributed by atoms with Gasteiger partial charge in [-0.2, -0.15) is 0 Å². The fourth-order valence-corrected chi connectivity index (χ4v) is 3.63. The lowest BCUT2D eigenvalue weighted by molar-refractivity contribution is 0.388. The minimum Gasteiger partial charge on any atom is -0.361 e. The number of hydrogen-bond acceptors (Lipinski definition) is 4. The van der Waals surface area contributed by atoms with Crippen LogP contribution in [0.1, 0.15) is 17.0 Å². The third-order valence-electron chi connectivity index (χ3n) is 3.53. The lowest BCUT2D eigenvalue weighted by Crippen LogP contribution is -2.27. The zero-order valence-corrected chi connectivity index (χ0v) is 14.3. The van der Waals surface area contributed by atoms with E-state index >= 15 is 0 Å². The van der Waals surface area contributed by atoms with Crippen LogP contribution in [0.2, 0.25) is 5.02 Å². The average Bonchev–Trinajstić information content (AvgIpc) is 3.06. The number of aryl methyl sites for hydroxylation is 1. The summed E-state index contributed by atoms with van der Waals surface area (Å²) in [7, 11) is -3.52. The number of nitrogens with zero attached hydrogens (tertiary/aromatic N) is 1. The molecule has 0 bridgehead atoms. The number of nitrogens with one attached hydrogen (secondary N) is 2. The highest BCUT2D eigenvalue weighted by atomic mass is 35.5. The SMILES string of the molecule is Cc1cc(CS(=O)(=O)NCCc2c[nH]c3cc(F)c(Cl)cc23)on1. The van der Waals surface area contributed by atoms with Gasteiger partial charge in [0, 0.05) is 29.7 Å². The summed E-state index contributed by atoms with van der Waals surface area (Å²) in [5.41, 5.74) is 2.10. The van der Waals surface area contributed by atoms with E-state index in [1.165, 1.54) is 12.1 Å². The second kappa shape index (κ2) is 6.54. The van der Waals surface area contributed by atoms with Crippen LogP contribution in [0.3, 0.4) is 0 Å². The summed E-state index contributed by atoms with van der Waals surface area (Å²) in [6, 6.07) is 4.43. The van der Waals surface area contributed by atoms with Crippen LogP contribution in [0.4, 0.5) is 4.39 Å². The van der Waals surface area contributed by atoms with Gasteiger partial charge in [0.1, 0.15) is 11.6 Å². The summed E-state index contributed by atoms with van der Waals surface area (Å²) in [4.78, 5) is 2.95. The van der Waals surface area contributed by atoms with Gasteiger partial charge in [-0.15, -0.1) is 0 Å². The van der Waals surface area contributed by atoms with E-state index in [4.69, 9.17) is 16.1 Å². The third kappa shape index (κ3) is 3.77. The Hall–Kier alpha value is -1.90. The summed E-state index contributed by atoms with van der Waals surface area (Å²) in [6.07, 6.45) is 2.16. The standard InChI is InChI=1S/C15H15ClFN3O3S/c1-9-4-11(23-20-9)8-24(21,22)19-3-2-10-7-18-15-6-14(17)13(16)5-12(10)15/h4-7,18-19H,2-3,8H2,1H3. The zero-order chi connectivity index (χ0) is 17.3. The van der Waals surface area contributed by atoms with Crippen molar-refractivity contribution in [1.29, 1.82) is 0 Å². The molecule has 1 aromatic carbocycles. The number of benzene rings is 1. The van der Waals surface area contributed by atoms with Crippen molar-refractivity contribution in [2.75, 3.05) is 6.54 Å². The van der Waals surface area contributed by atoms with Gasteiger partial charge in [-0.25, -0.2) is 17.5 Å². The number of sulfonamides is 1. The van der Waals surface area contributed by atoms with Gasteiger partial charge in [0.15, 0.2) is 5.76 Å². The third-order valence-corrected chi connectivity index (χ3v) is 5.13. The van der Waals surface area contributed by atoms with Crippen molar-refractivity contribution in [2.24, 2.45) is 0 Å². The van der Waals surface area contributed by atoms with Gasteiger partial charge in [0.2, 0.25) is 10.0 Å². The number of halogens is 2. The smallest absolute Gasteiger partial charge is 0.219 e. The number of hydrogen-bond donors (Lipinski definition) is 2. The molecule has 0 radical (unpaired) electrons. The fourth-order valence-electron chi connectivity index (χ4n) is 2.45. The minimum atomic E-state index is -3.52.